The van der Waals surface area contributed by atoms with Gasteiger partial charge in [0.1, 0.15) is 5.82 Å². The Morgan fingerprint density at radius 3 is 2.17 bits per heavy atom. The fourth-order valence-electron chi connectivity index (χ4n) is 3.52. The maximum absolute atomic E-state index is 13.7. The number of hydrogen-bond donors (Lipinski definition) is 0. The molecule has 0 spiro atoms. The minimum Gasteiger partial charge on any atom is -0.254 e. The van der Waals surface area contributed by atoms with Crippen molar-refractivity contribution in [3.8, 4) is 11.8 Å². The lowest BCUT2D eigenvalue weighted by atomic mass is 9.99. The number of unbranched alkanes of at least 4 members (excludes halogenated alkanes) is 8. The van der Waals surface area contributed by atoms with Crippen molar-refractivity contribution < 1.29 is 4.39 Å². The minimum absolute atomic E-state index is 0.216. The average Bonchev–Trinajstić information content (AvgIpc) is 2.72. The van der Waals surface area contributed by atoms with Gasteiger partial charge in [-0.2, -0.15) is 0 Å². The van der Waals surface area contributed by atoms with E-state index in [1.165, 1.54) is 57.4 Å². The highest BCUT2D eigenvalue weighted by molar-refractivity contribution is 5.36. The third-order valence-electron chi connectivity index (χ3n) is 5.25. The molecule has 0 aliphatic rings. The smallest absolute Gasteiger partial charge is 0.126 e. The van der Waals surface area contributed by atoms with Crippen LogP contribution in [0.4, 0.5) is 4.39 Å². The first-order valence-corrected chi connectivity index (χ1v) is 11.2. The Bertz CT molecular complexity index is 754. The fraction of sp³-hybridized carbons (Fsp3) is 0.481. The number of hydrogen-bond acceptors (Lipinski definition) is 0. The molecule has 29 heavy (non-hydrogen) atoms. The zero-order valence-electron chi connectivity index (χ0n) is 17.9. The molecule has 0 aliphatic carbocycles. The Kier molecular flexibility index (Phi) is 11.2. The van der Waals surface area contributed by atoms with E-state index in [-0.39, 0.29) is 11.9 Å². The predicted octanol–water partition coefficient (Wildman–Crippen LogP) is 7.14. The Balaban J connectivity index is 1.66. The molecule has 1 nitrogen and oxygen atoms in total. The lowest BCUT2D eigenvalue weighted by Gasteiger charge is -2.11. The Morgan fingerprint density at radius 1 is 0.828 bits per heavy atom. The molecule has 1 radical (unpaired) electrons. The lowest BCUT2D eigenvalue weighted by molar-refractivity contribution is 0.578. The van der Waals surface area contributed by atoms with E-state index in [9.17, 15) is 4.39 Å². The molecule has 2 aromatic rings. The Labute approximate surface area is 176 Å². The van der Waals surface area contributed by atoms with Crippen LogP contribution in [0.25, 0.3) is 0 Å². The SMILES string of the molecule is CCCCCCCCCCC#Cc1ccc(CC([NH])Cc2ccccc2F)cc1. The molecule has 0 saturated carbocycles. The normalized spacial score (nSPS) is 11.7. The molecule has 2 heteroatoms. The molecule has 1 unspecified atom stereocenters. The first-order valence-electron chi connectivity index (χ1n) is 11.2. The molecule has 1 atom stereocenters. The molecule has 0 bridgehead atoms. The molecular formula is C27H35FN. The molecular weight excluding hydrogens is 357 g/mol. The van der Waals surface area contributed by atoms with Crippen LogP contribution in [0.2, 0.25) is 0 Å². The van der Waals surface area contributed by atoms with E-state index in [1.807, 2.05) is 30.3 Å². The highest BCUT2D eigenvalue weighted by Crippen LogP contribution is 2.13. The quantitative estimate of drug-likeness (QED) is 0.271. The Hall–Kier alpha value is -2.11. The summed E-state index contributed by atoms with van der Waals surface area (Å²) < 4.78 is 13.7. The van der Waals surface area contributed by atoms with Gasteiger partial charge in [-0.25, -0.2) is 4.39 Å². The van der Waals surface area contributed by atoms with Crippen molar-refractivity contribution in [2.24, 2.45) is 0 Å². The third-order valence-corrected chi connectivity index (χ3v) is 5.25. The second-order valence-corrected chi connectivity index (χ2v) is 7.92. The number of benzene rings is 2. The fourth-order valence-corrected chi connectivity index (χ4v) is 3.52. The molecule has 0 amide bonds. The van der Waals surface area contributed by atoms with E-state index >= 15 is 0 Å². The van der Waals surface area contributed by atoms with E-state index in [2.05, 4.69) is 18.8 Å². The first-order chi connectivity index (χ1) is 14.2. The van der Waals surface area contributed by atoms with E-state index in [0.29, 0.717) is 18.4 Å². The summed E-state index contributed by atoms with van der Waals surface area (Å²) >= 11 is 0. The minimum atomic E-state index is -0.342. The topological polar surface area (TPSA) is 23.8 Å². The van der Waals surface area contributed by atoms with Crippen molar-refractivity contribution in [2.45, 2.75) is 83.6 Å². The van der Waals surface area contributed by atoms with Gasteiger partial charge in [-0.15, -0.1) is 0 Å². The van der Waals surface area contributed by atoms with Crippen molar-refractivity contribution in [3.05, 3.63) is 71.0 Å². The first kappa shape index (κ1) is 23.2. The number of nitrogens with one attached hydrogen (secondary N) is 1. The van der Waals surface area contributed by atoms with Crippen molar-refractivity contribution in [1.29, 1.82) is 0 Å². The van der Waals surface area contributed by atoms with Gasteiger partial charge in [0.2, 0.25) is 0 Å². The maximum atomic E-state index is 13.7. The number of halogens is 1. The second kappa shape index (κ2) is 14.0. The van der Waals surface area contributed by atoms with Gasteiger partial charge in [0.05, 0.1) is 0 Å². The van der Waals surface area contributed by atoms with Gasteiger partial charge in [0.25, 0.3) is 0 Å². The van der Waals surface area contributed by atoms with Crippen LogP contribution in [0.15, 0.2) is 48.5 Å². The molecule has 0 aromatic heterocycles. The summed E-state index contributed by atoms with van der Waals surface area (Å²) in [5, 5.41) is 0. The van der Waals surface area contributed by atoms with Crippen molar-refractivity contribution in [1.82, 2.24) is 5.73 Å². The van der Waals surface area contributed by atoms with Crippen molar-refractivity contribution >= 4 is 0 Å². The molecule has 0 saturated heterocycles. The summed E-state index contributed by atoms with van der Waals surface area (Å²) in [7, 11) is 0. The van der Waals surface area contributed by atoms with Gasteiger partial charge in [0, 0.05) is 18.0 Å². The van der Waals surface area contributed by atoms with Crippen molar-refractivity contribution in [3.63, 3.8) is 0 Å². The molecule has 0 fully saturated rings. The number of rotatable bonds is 12. The van der Waals surface area contributed by atoms with Crippen LogP contribution in [0, 0.1) is 17.7 Å². The summed E-state index contributed by atoms with van der Waals surface area (Å²) in [6.45, 7) is 2.26. The zero-order valence-corrected chi connectivity index (χ0v) is 17.9. The monoisotopic (exact) mass is 392 g/mol. The summed E-state index contributed by atoms with van der Waals surface area (Å²) in [5.74, 6) is 6.31. The van der Waals surface area contributed by atoms with Crippen LogP contribution in [0.5, 0.6) is 0 Å². The van der Waals surface area contributed by atoms with Gasteiger partial charge in [-0.05, 0) is 48.6 Å². The van der Waals surface area contributed by atoms with Crippen LogP contribution < -0.4 is 5.73 Å². The van der Waals surface area contributed by atoms with Gasteiger partial charge in [-0.3, -0.25) is 5.73 Å². The van der Waals surface area contributed by atoms with Crippen LogP contribution in [-0.2, 0) is 12.8 Å². The molecule has 1 N–H and O–H groups in total. The van der Waals surface area contributed by atoms with Gasteiger partial charge < -0.3 is 0 Å². The average molecular weight is 393 g/mol. The van der Waals surface area contributed by atoms with Crippen LogP contribution in [0.1, 0.15) is 81.4 Å². The van der Waals surface area contributed by atoms with Gasteiger partial charge in [0.15, 0.2) is 0 Å². The van der Waals surface area contributed by atoms with E-state index < -0.39 is 0 Å². The molecule has 0 heterocycles. The van der Waals surface area contributed by atoms with Gasteiger partial charge >= 0.3 is 0 Å². The van der Waals surface area contributed by atoms with Crippen LogP contribution in [-0.4, -0.2) is 6.04 Å². The van der Waals surface area contributed by atoms with Crippen molar-refractivity contribution in [2.75, 3.05) is 0 Å². The maximum Gasteiger partial charge on any atom is 0.126 e. The molecule has 0 aliphatic heterocycles. The second-order valence-electron chi connectivity index (χ2n) is 7.92. The summed E-state index contributed by atoms with van der Waals surface area (Å²) in [5.41, 5.74) is 11.0. The highest BCUT2D eigenvalue weighted by Gasteiger charge is 2.09. The Morgan fingerprint density at radius 2 is 1.48 bits per heavy atom. The predicted molar refractivity (Wildman–Crippen MR) is 121 cm³/mol. The largest absolute Gasteiger partial charge is 0.254 e. The summed E-state index contributed by atoms with van der Waals surface area (Å²) in [4.78, 5) is 0. The zero-order chi connectivity index (χ0) is 20.7. The molecule has 2 rings (SSSR count). The van der Waals surface area contributed by atoms with E-state index in [1.54, 1.807) is 12.1 Å². The van der Waals surface area contributed by atoms with Crippen LogP contribution >= 0.6 is 0 Å². The highest BCUT2D eigenvalue weighted by atomic mass is 19.1. The van der Waals surface area contributed by atoms with Gasteiger partial charge in [-0.1, -0.05) is 94.0 Å². The third kappa shape index (κ3) is 9.77. The summed E-state index contributed by atoms with van der Waals surface area (Å²) in [6.07, 6.45) is 12.7. The van der Waals surface area contributed by atoms with E-state index in [0.717, 1.165) is 17.5 Å². The van der Waals surface area contributed by atoms with E-state index in [4.69, 9.17) is 5.73 Å². The summed E-state index contributed by atoms with van der Waals surface area (Å²) in [6, 6.07) is 14.6. The van der Waals surface area contributed by atoms with Crippen LogP contribution in [0.3, 0.4) is 0 Å². The molecule has 155 valence electrons. The standard InChI is InChI=1S/C27H35FN/c1-2-3-4-5-6-7-8-9-10-11-14-23-17-19-24(20-18-23)21-26(29)22-25-15-12-13-16-27(25)28/h12-13,15-20,26,29H,2-10,21-22H2,1H3. The lowest BCUT2D eigenvalue weighted by Crippen LogP contribution is -2.16. The molecule has 2 aromatic carbocycles.